The van der Waals surface area contributed by atoms with Crippen LogP contribution in [-0.2, 0) is 17.9 Å². The second-order valence-corrected chi connectivity index (χ2v) is 5.32. The summed E-state index contributed by atoms with van der Waals surface area (Å²) in [5.41, 5.74) is 2.07. The van der Waals surface area contributed by atoms with E-state index in [4.69, 9.17) is 4.74 Å². The van der Waals surface area contributed by atoms with Crippen molar-refractivity contribution in [3.05, 3.63) is 23.0 Å². The molecule has 0 aliphatic carbocycles. The van der Waals surface area contributed by atoms with Gasteiger partial charge in [0, 0.05) is 37.0 Å². The summed E-state index contributed by atoms with van der Waals surface area (Å²) in [5, 5.41) is 19.6. The third kappa shape index (κ3) is 3.48. The normalized spacial score (nSPS) is 18.9. The van der Waals surface area contributed by atoms with Gasteiger partial charge >= 0.3 is 0 Å². The molecule has 5 heteroatoms. The molecule has 20 heavy (non-hydrogen) atoms. The third-order valence-electron chi connectivity index (χ3n) is 3.92. The van der Waals surface area contributed by atoms with Crippen LogP contribution in [0.1, 0.15) is 36.6 Å². The maximum Gasteiger partial charge on any atom is 0.141 e. The topological polar surface area (TPSA) is 65.8 Å². The molecule has 1 fully saturated rings. The van der Waals surface area contributed by atoms with Crippen LogP contribution in [0.4, 0.5) is 0 Å². The van der Waals surface area contributed by atoms with E-state index < -0.39 is 0 Å². The van der Waals surface area contributed by atoms with Crippen LogP contribution in [0.3, 0.4) is 0 Å². The second-order valence-electron chi connectivity index (χ2n) is 5.32. The van der Waals surface area contributed by atoms with Crippen molar-refractivity contribution in [1.82, 2.24) is 9.88 Å². The van der Waals surface area contributed by atoms with Gasteiger partial charge in [0.25, 0.3) is 0 Å². The van der Waals surface area contributed by atoms with Crippen molar-refractivity contribution in [1.29, 1.82) is 0 Å². The number of aromatic nitrogens is 1. The van der Waals surface area contributed by atoms with E-state index in [1.165, 1.54) is 0 Å². The van der Waals surface area contributed by atoms with Gasteiger partial charge in [-0.1, -0.05) is 6.92 Å². The van der Waals surface area contributed by atoms with Crippen LogP contribution in [0, 0.1) is 6.92 Å². The van der Waals surface area contributed by atoms with Gasteiger partial charge in [-0.05, 0) is 26.3 Å². The Hall–Kier alpha value is -1.17. The lowest BCUT2D eigenvalue weighted by Crippen LogP contribution is -2.32. The van der Waals surface area contributed by atoms with E-state index in [9.17, 15) is 10.2 Å². The number of hydrogen-bond donors (Lipinski definition) is 2. The molecule has 0 aromatic carbocycles. The number of aliphatic hydroxyl groups excluding tert-OH is 1. The van der Waals surface area contributed by atoms with Crippen LogP contribution < -0.4 is 0 Å². The van der Waals surface area contributed by atoms with E-state index in [1.807, 2.05) is 0 Å². The Morgan fingerprint density at radius 1 is 1.50 bits per heavy atom. The van der Waals surface area contributed by atoms with E-state index in [1.54, 1.807) is 13.1 Å². The second kappa shape index (κ2) is 7.02. The SMILES string of the molecule is CCN(Cc1c(CO)cnc(C)c1O)C[C@H]1CCCO1. The van der Waals surface area contributed by atoms with Crippen LogP contribution in [0.25, 0.3) is 0 Å². The van der Waals surface area contributed by atoms with Gasteiger partial charge < -0.3 is 14.9 Å². The molecule has 2 N–H and O–H groups in total. The molecule has 0 unspecified atom stereocenters. The molecular formula is C15H24N2O3. The number of aryl methyl sites for hydroxylation is 1. The highest BCUT2D eigenvalue weighted by Gasteiger charge is 2.20. The van der Waals surface area contributed by atoms with Gasteiger partial charge in [0.05, 0.1) is 18.4 Å². The first kappa shape index (κ1) is 15.2. The summed E-state index contributed by atoms with van der Waals surface area (Å²) in [7, 11) is 0. The third-order valence-corrected chi connectivity index (χ3v) is 3.92. The number of aromatic hydroxyl groups is 1. The molecule has 1 aromatic heterocycles. The molecule has 1 aromatic rings. The zero-order chi connectivity index (χ0) is 14.5. The van der Waals surface area contributed by atoms with Crippen LogP contribution in [0.2, 0.25) is 0 Å². The molecule has 1 aliphatic heterocycles. The predicted octanol–water partition coefficient (Wildman–Crippen LogP) is 1.59. The van der Waals surface area contributed by atoms with Gasteiger partial charge in [-0.15, -0.1) is 0 Å². The Labute approximate surface area is 120 Å². The van der Waals surface area contributed by atoms with Gasteiger partial charge in [0.15, 0.2) is 0 Å². The fourth-order valence-corrected chi connectivity index (χ4v) is 2.60. The molecule has 0 radical (unpaired) electrons. The zero-order valence-electron chi connectivity index (χ0n) is 12.3. The van der Waals surface area contributed by atoms with Crippen LogP contribution >= 0.6 is 0 Å². The van der Waals surface area contributed by atoms with Gasteiger partial charge in [-0.3, -0.25) is 9.88 Å². The number of rotatable bonds is 6. The van der Waals surface area contributed by atoms with E-state index in [-0.39, 0.29) is 18.5 Å². The maximum absolute atomic E-state index is 10.2. The smallest absolute Gasteiger partial charge is 0.141 e. The standard InChI is InChI=1S/C15H24N2O3/c1-3-17(8-13-5-4-6-20-13)9-14-12(10-18)7-16-11(2)15(14)19/h7,13,18-19H,3-6,8-10H2,1-2H3/t13-/m1/s1. The first-order valence-corrected chi connectivity index (χ1v) is 7.26. The van der Waals surface area contributed by atoms with E-state index >= 15 is 0 Å². The van der Waals surface area contributed by atoms with Crippen LogP contribution in [-0.4, -0.2) is 45.9 Å². The monoisotopic (exact) mass is 280 g/mol. The Bertz CT molecular complexity index is 445. The summed E-state index contributed by atoms with van der Waals surface area (Å²) >= 11 is 0. The molecule has 1 aliphatic rings. The number of pyridine rings is 1. The van der Waals surface area contributed by atoms with Gasteiger partial charge in [0.2, 0.25) is 0 Å². The minimum atomic E-state index is -0.104. The van der Waals surface area contributed by atoms with Crippen molar-refractivity contribution in [2.45, 2.75) is 45.9 Å². The zero-order valence-corrected chi connectivity index (χ0v) is 12.3. The fourth-order valence-electron chi connectivity index (χ4n) is 2.60. The lowest BCUT2D eigenvalue weighted by Gasteiger charge is -2.25. The molecular weight excluding hydrogens is 256 g/mol. The summed E-state index contributed by atoms with van der Waals surface area (Å²) in [6.07, 6.45) is 4.16. The molecule has 1 atom stereocenters. The highest BCUT2D eigenvalue weighted by Crippen LogP contribution is 2.26. The van der Waals surface area contributed by atoms with Crippen molar-refractivity contribution in [3.63, 3.8) is 0 Å². The van der Waals surface area contributed by atoms with E-state index in [0.717, 1.165) is 38.1 Å². The molecule has 0 spiro atoms. The Kier molecular flexibility index (Phi) is 5.34. The van der Waals surface area contributed by atoms with Crippen molar-refractivity contribution in [3.8, 4) is 5.75 Å². The van der Waals surface area contributed by atoms with Crippen molar-refractivity contribution in [2.24, 2.45) is 0 Å². The first-order valence-electron chi connectivity index (χ1n) is 7.26. The van der Waals surface area contributed by atoms with Crippen molar-refractivity contribution in [2.75, 3.05) is 19.7 Å². The largest absolute Gasteiger partial charge is 0.506 e. The Morgan fingerprint density at radius 2 is 2.30 bits per heavy atom. The minimum absolute atomic E-state index is 0.104. The number of aliphatic hydroxyl groups is 1. The van der Waals surface area contributed by atoms with Gasteiger partial charge in [-0.25, -0.2) is 0 Å². The minimum Gasteiger partial charge on any atom is -0.506 e. The predicted molar refractivity (Wildman–Crippen MR) is 76.5 cm³/mol. The lowest BCUT2D eigenvalue weighted by atomic mass is 10.1. The quantitative estimate of drug-likeness (QED) is 0.828. The fraction of sp³-hybridized carbons (Fsp3) is 0.667. The van der Waals surface area contributed by atoms with E-state index in [2.05, 4.69) is 16.8 Å². The summed E-state index contributed by atoms with van der Waals surface area (Å²) < 4.78 is 5.67. The average Bonchev–Trinajstić information content (AvgIpc) is 2.96. The van der Waals surface area contributed by atoms with Gasteiger partial charge in [-0.2, -0.15) is 0 Å². The summed E-state index contributed by atoms with van der Waals surface area (Å²) in [6, 6.07) is 0. The molecule has 0 bridgehead atoms. The summed E-state index contributed by atoms with van der Waals surface area (Å²) in [4.78, 5) is 6.33. The molecule has 0 saturated carbocycles. The highest BCUT2D eigenvalue weighted by atomic mass is 16.5. The number of hydrogen-bond acceptors (Lipinski definition) is 5. The summed E-state index contributed by atoms with van der Waals surface area (Å²) in [5.74, 6) is 0.197. The molecule has 1 saturated heterocycles. The highest BCUT2D eigenvalue weighted by molar-refractivity contribution is 5.40. The molecule has 5 nitrogen and oxygen atoms in total. The molecule has 2 heterocycles. The van der Waals surface area contributed by atoms with Crippen LogP contribution in [0.15, 0.2) is 6.20 Å². The average molecular weight is 280 g/mol. The van der Waals surface area contributed by atoms with Crippen molar-refractivity contribution >= 4 is 0 Å². The van der Waals surface area contributed by atoms with E-state index in [0.29, 0.717) is 17.8 Å². The maximum atomic E-state index is 10.2. The molecule has 0 amide bonds. The number of nitrogens with zero attached hydrogens (tertiary/aromatic N) is 2. The number of ether oxygens (including phenoxy) is 1. The van der Waals surface area contributed by atoms with Gasteiger partial charge in [0.1, 0.15) is 5.75 Å². The molecule has 112 valence electrons. The Morgan fingerprint density at radius 3 is 2.90 bits per heavy atom. The first-order chi connectivity index (χ1) is 9.65. The van der Waals surface area contributed by atoms with Crippen LogP contribution in [0.5, 0.6) is 5.75 Å². The summed E-state index contributed by atoms with van der Waals surface area (Å²) in [6.45, 7) is 6.97. The number of likely N-dealkylation sites (N-methyl/N-ethyl adjacent to an activating group) is 1. The molecule has 2 rings (SSSR count). The van der Waals surface area contributed by atoms with Crippen molar-refractivity contribution < 1.29 is 14.9 Å². The lowest BCUT2D eigenvalue weighted by molar-refractivity contribution is 0.0720. The Balaban J connectivity index is 2.11.